The third-order valence-electron chi connectivity index (χ3n) is 2.89. The molecule has 2 aromatic rings. The lowest BCUT2D eigenvalue weighted by molar-refractivity contribution is 0.0993. The molecule has 0 saturated carbocycles. The summed E-state index contributed by atoms with van der Waals surface area (Å²) in [6.45, 7) is 0. The second-order valence-electron chi connectivity index (χ2n) is 4.30. The van der Waals surface area contributed by atoms with Gasteiger partial charge in [0.1, 0.15) is 0 Å². The first kappa shape index (κ1) is 13.6. The van der Waals surface area contributed by atoms with Crippen molar-refractivity contribution in [2.24, 2.45) is 17.9 Å². The molecule has 0 atom stereocenters. The molecule has 20 heavy (non-hydrogen) atoms. The van der Waals surface area contributed by atoms with Crippen molar-refractivity contribution >= 4 is 17.4 Å². The predicted molar refractivity (Wildman–Crippen MR) is 74.9 cm³/mol. The highest BCUT2D eigenvalue weighted by molar-refractivity contribution is 6.06. The van der Waals surface area contributed by atoms with E-state index >= 15 is 0 Å². The van der Waals surface area contributed by atoms with Gasteiger partial charge in [0.2, 0.25) is 0 Å². The molecule has 0 aliphatic carbocycles. The minimum atomic E-state index is -0.185. The van der Waals surface area contributed by atoms with Crippen LogP contribution in [0.5, 0.6) is 0 Å². The molecule has 0 bridgehead atoms. The summed E-state index contributed by atoms with van der Waals surface area (Å²) in [5.74, 6) is -0.191. The van der Waals surface area contributed by atoms with Gasteiger partial charge in [-0.1, -0.05) is 17.3 Å². The van der Waals surface area contributed by atoms with Crippen LogP contribution < -0.4 is 10.6 Å². The number of benzene rings is 1. The van der Waals surface area contributed by atoms with Gasteiger partial charge >= 0.3 is 0 Å². The van der Waals surface area contributed by atoms with E-state index in [9.17, 15) is 4.79 Å². The van der Waals surface area contributed by atoms with Crippen LogP contribution in [0.15, 0.2) is 41.8 Å². The molecule has 0 fully saturated rings. The summed E-state index contributed by atoms with van der Waals surface area (Å²) in [6.07, 6.45) is 3.15. The molecule has 104 valence electrons. The Morgan fingerprint density at radius 1 is 1.45 bits per heavy atom. The third-order valence-corrected chi connectivity index (χ3v) is 2.89. The maximum Gasteiger partial charge on any atom is 0.261 e. The molecular weight excluding hydrogens is 258 g/mol. The van der Waals surface area contributed by atoms with Crippen molar-refractivity contribution in [1.82, 2.24) is 9.78 Å². The normalized spacial score (nSPS) is 11.4. The van der Waals surface area contributed by atoms with Crippen molar-refractivity contribution in [2.45, 2.75) is 0 Å². The summed E-state index contributed by atoms with van der Waals surface area (Å²) in [7, 11) is 3.40. The number of amidine groups is 1. The summed E-state index contributed by atoms with van der Waals surface area (Å²) >= 11 is 0. The fraction of sp³-hybridized carbons (Fsp3) is 0.154. The summed E-state index contributed by atoms with van der Waals surface area (Å²) in [5, 5.41) is 15.6. The molecule has 3 N–H and O–H groups in total. The zero-order valence-corrected chi connectivity index (χ0v) is 11.2. The third kappa shape index (κ3) is 2.61. The number of aryl methyl sites for hydroxylation is 1. The van der Waals surface area contributed by atoms with Gasteiger partial charge in [-0.2, -0.15) is 5.10 Å². The average molecular weight is 273 g/mol. The van der Waals surface area contributed by atoms with E-state index in [-0.39, 0.29) is 11.7 Å². The van der Waals surface area contributed by atoms with Gasteiger partial charge in [-0.15, -0.1) is 0 Å². The fourth-order valence-corrected chi connectivity index (χ4v) is 1.77. The first-order valence-electron chi connectivity index (χ1n) is 5.87. The highest BCUT2D eigenvalue weighted by Gasteiger charge is 2.15. The van der Waals surface area contributed by atoms with Gasteiger partial charge in [-0.05, 0) is 12.1 Å². The number of oxime groups is 1. The van der Waals surface area contributed by atoms with E-state index in [1.54, 1.807) is 49.2 Å². The van der Waals surface area contributed by atoms with Crippen LogP contribution in [0.4, 0.5) is 5.69 Å². The molecule has 7 nitrogen and oxygen atoms in total. The predicted octanol–water partition coefficient (Wildman–Crippen LogP) is 0.791. The first-order chi connectivity index (χ1) is 9.52. The monoisotopic (exact) mass is 273 g/mol. The van der Waals surface area contributed by atoms with E-state index in [0.29, 0.717) is 16.8 Å². The van der Waals surface area contributed by atoms with Gasteiger partial charge in [0.15, 0.2) is 5.84 Å². The molecule has 0 radical (unpaired) electrons. The van der Waals surface area contributed by atoms with E-state index in [2.05, 4.69) is 10.3 Å². The number of hydrogen-bond donors (Lipinski definition) is 2. The lowest BCUT2D eigenvalue weighted by Gasteiger charge is -2.17. The van der Waals surface area contributed by atoms with Crippen molar-refractivity contribution in [3.05, 3.63) is 47.8 Å². The van der Waals surface area contributed by atoms with Crippen molar-refractivity contribution in [2.75, 3.05) is 11.9 Å². The highest BCUT2D eigenvalue weighted by Crippen LogP contribution is 2.17. The maximum absolute atomic E-state index is 12.3. The number of hydrogen-bond acceptors (Lipinski definition) is 4. The average Bonchev–Trinajstić information content (AvgIpc) is 2.91. The molecule has 1 amide bonds. The Morgan fingerprint density at radius 2 is 2.20 bits per heavy atom. The number of nitrogens with two attached hydrogens (primary N) is 1. The molecule has 1 heterocycles. The number of anilines is 1. The Bertz CT molecular complexity index is 662. The molecule has 0 aliphatic rings. The number of carbonyl (C=O) groups excluding carboxylic acids is 1. The number of amides is 1. The minimum absolute atomic E-state index is 0.00548. The molecule has 1 aromatic carbocycles. The zero-order chi connectivity index (χ0) is 14.7. The highest BCUT2D eigenvalue weighted by atomic mass is 16.4. The summed E-state index contributed by atoms with van der Waals surface area (Å²) in [6, 6.07) is 6.86. The van der Waals surface area contributed by atoms with Gasteiger partial charge in [0.05, 0.1) is 11.8 Å². The van der Waals surface area contributed by atoms with Gasteiger partial charge in [-0.3, -0.25) is 9.48 Å². The quantitative estimate of drug-likeness (QED) is 0.374. The van der Waals surface area contributed by atoms with Gasteiger partial charge < -0.3 is 15.8 Å². The summed E-state index contributed by atoms with van der Waals surface area (Å²) in [4.78, 5) is 13.7. The van der Waals surface area contributed by atoms with Crippen LogP contribution in [0.2, 0.25) is 0 Å². The lowest BCUT2D eigenvalue weighted by Crippen LogP contribution is -2.26. The molecule has 7 heteroatoms. The van der Waals surface area contributed by atoms with E-state index in [1.165, 1.54) is 11.1 Å². The number of aromatic nitrogens is 2. The lowest BCUT2D eigenvalue weighted by atomic mass is 10.1. The molecule has 0 spiro atoms. The van der Waals surface area contributed by atoms with E-state index < -0.39 is 0 Å². The van der Waals surface area contributed by atoms with E-state index in [4.69, 9.17) is 10.9 Å². The van der Waals surface area contributed by atoms with Crippen LogP contribution in [0, 0.1) is 0 Å². The van der Waals surface area contributed by atoms with Crippen molar-refractivity contribution in [3.8, 4) is 0 Å². The van der Waals surface area contributed by atoms with Gasteiger partial charge in [0.25, 0.3) is 5.91 Å². The number of carbonyl (C=O) groups is 1. The standard InChI is InChI=1S/C13H15N5O2/c1-17-8-10(7-15-17)13(19)18(2)11-5-3-4-9(6-11)12(14)16-20/h3-8,20H,1-2H3,(H2,14,16). The largest absolute Gasteiger partial charge is 0.409 e. The van der Waals surface area contributed by atoms with Crippen LogP contribution in [0.3, 0.4) is 0 Å². The first-order valence-corrected chi connectivity index (χ1v) is 5.87. The molecule has 0 aliphatic heterocycles. The van der Waals surface area contributed by atoms with Crippen LogP contribution in [-0.4, -0.2) is 33.8 Å². The fourth-order valence-electron chi connectivity index (χ4n) is 1.77. The van der Waals surface area contributed by atoms with Crippen LogP contribution in [0.25, 0.3) is 0 Å². The van der Waals surface area contributed by atoms with E-state index in [0.717, 1.165) is 0 Å². The Kier molecular flexibility index (Phi) is 3.69. The van der Waals surface area contributed by atoms with Crippen molar-refractivity contribution < 1.29 is 10.0 Å². The smallest absolute Gasteiger partial charge is 0.261 e. The van der Waals surface area contributed by atoms with E-state index in [1.807, 2.05) is 0 Å². The molecule has 1 aromatic heterocycles. The van der Waals surface area contributed by atoms with Crippen LogP contribution >= 0.6 is 0 Å². The Morgan fingerprint density at radius 3 is 2.80 bits per heavy atom. The van der Waals surface area contributed by atoms with Crippen molar-refractivity contribution in [3.63, 3.8) is 0 Å². The van der Waals surface area contributed by atoms with Crippen molar-refractivity contribution in [1.29, 1.82) is 0 Å². The maximum atomic E-state index is 12.3. The molecule has 0 saturated heterocycles. The van der Waals surface area contributed by atoms with Crippen LogP contribution in [0.1, 0.15) is 15.9 Å². The molecular formula is C13H15N5O2. The Hall–Kier alpha value is -2.83. The second kappa shape index (κ2) is 5.43. The van der Waals surface area contributed by atoms with Crippen LogP contribution in [-0.2, 0) is 7.05 Å². The number of rotatable bonds is 3. The minimum Gasteiger partial charge on any atom is -0.409 e. The van der Waals surface area contributed by atoms with Gasteiger partial charge in [-0.25, -0.2) is 0 Å². The second-order valence-corrected chi connectivity index (χ2v) is 4.30. The SMILES string of the molecule is CN(C(=O)c1cnn(C)c1)c1cccc(C(N)=NO)c1. The number of nitrogens with zero attached hydrogens (tertiary/aromatic N) is 4. The zero-order valence-electron chi connectivity index (χ0n) is 11.2. The topological polar surface area (TPSA) is 96.7 Å². The molecule has 2 rings (SSSR count). The summed E-state index contributed by atoms with van der Waals surface area (Å²) < 4.78 is 1.56. The summed E-state index contributed by atoms with van der Waals surface area (Å²) in [5.41, 5.74) is 7.21. The Labute approximate surface area is 115 Å². The molecule has 0 unspecified atom stereocenters. The van der Waals surface area contributed by atoms with Gasteiger partial charge in [0, 0.05) is 31.5 Å². The Balaban J connectivity index is 2.29.